The molecule has 0 atom stereocenters. The van der Waals surface area contributed by atoms with Crippen LogP contribution in [0, 0.1) is 5.92 Å². The number of rotatable bonds is 5. The topological polar surface area (TPSA) is 58.2 Å². The van der Waals surface area contributed by atoms with Gasteiger partial charge in [-0.1, -0.05) is 0 Å². The Kier molecular flexibility index (Phi) is 3.05. The maximum atomic E-state index is 11.0. The van der Waals surface area contributed by atoms with Gasteiger partial charge in [0.15, 0.2) is 0 Å². The summed E-state index contributed by atoms with van der Waals surface area (Å²) in [7, 11) is -3.18. The third kappa shape index (κ3) is 3.73. The molecule has 0 unspecified atom stereocenters. The van der Waals surface area contributed by atoms with Crippen molar-refractivity contribution in [1.29, 1.82) is 0 Å². The van der Waals surface area contributed by atoms with Gasteiger partial charge in [0.1, 0.15) is 0 Å². The molecule has 1 aliphatic rings. The molecular formula is C11H16N2O2S. The predicted molar refractivity (Wildman–Crippen MR) is 66.1 cm³/mol. The third-order valence-electron chi connectivity index (χ3n) is 2.48. The summed E-state index contributed by atoms with van der Waals surface area (Å²) < 4.78 is 24.4. The second-order valence-electron chi connectivity index (χ2n) is 4.28. The molecule has 1 aromatic carbocycles. The van der Waals surface area contributed by atoms with Crippen LogP contribution in [0.3, 0.4) is 0 Å². The van der Waals surface area contributed by atoms with Gasteiger partial charge < -0.3 is 5.32 Å². The molecule has 1 saturated carbocycles. The van der Waals surface area contributed by atoms with Crippen LogP contribution in [0.1, 0.15) is 12.8 Å². The highest BCUT2D eigenvalue weighted by atomic mass is 32.2. The lowest BCUT2D eigenvalue weighted by Gasteiger charge is -2.07. The number of sulfonamides is 1. The van der Waals surface area contributed by atoms with Crippen molar-refractivity contribution >= 4 is 21.4 Å². The quantitative estimate of drug-likeness (QED) is 0.826. The van der Waals surface area contributed by atoms with Gasteiger partial charge >= 0.3 is 0 Å². The van der Waals surface area contributed by atoms with Gasteiger partial charge in [0.2, 0.25) is 10.0 Å². The van der Waals surface area contributed by atoms with E-state index >= 15 is 0 Å². The minimum atomic E-state index is -3.18. The van der Waals surface area contributed by atoms with Gasteiger partial charge in [0.25, 0.3) is 0 Å². The summed E-state index contributed by atoms with van der Waals surface area (Å²) in [5.74, 6) is 0.828. The van der Waals surface area contributed by atoms with Crippen molar-refractivity contribution in [3.05, 3.63) is 24.3 Å². The van der Waals surface area contributed by atoms with E-state index in [4.69, 9.17) is 0 Å². The zero-order valence-corrected chi connectivity index (χ0v) is 10.0. The molecule has 2 rings (SSSR count). The Hall–Kier alpha value is -1.23. The van der Waals surface area contributed by atoms with Crippen molar-refractivity contribution in [3.8, 4) is 0 Å². The monoisotopic (exact) mass is 240 g/mol. The number of nitrogens with one attached hydrogen (secondary N) is 2. The highest BCUT2D eigenvalue weighted by Gasteiger charge is 2.20. The van der Waals surface area contributed by atoms with Crippen LogP contribution in [-0.2, 0) is 10.0 Å². The van der Waals surface area contributed by atoms with E-state index in [1.807, 2.05) is 12.1 Å². The summed E-state index contributed by atoms with van der Waals surface area (Å²) in [6.07, 6.45) is 3.79. The lowest BCUT2D eigenvalue weighted by molar-refractivity contribution is 0.607. The first-order chi connectivity index (χ1) is 7.53. The van der Waals surface area contributed by atoms with E-state index < -0.39 is 10.0 Å². The summed E-state index contributed by atoms with van der Waals surface area (Å²) in [5.41, 5.74) is 1.63. The van der Waals surface area contributed by atoms with Crippen LogP contribution in [-0.4, -0.2) is 21.2 Å². The van der Waals surface area contributed by atoms with Crippen LogP contribution in [0.25, 0.3) is 0 Å². The Labute approximate surface area is 96.1 Å². The molecule has 0 radical (unpaired) electrons. The van der Waals surface area contributed by atoms with Crippen LogP contribution in [0.5, 0.6) is 0 Å². The van der Waals surface area contributed by atoms with Crippen molar-refractivity contribution in [3.63, 3.8) is 0 Å². The van der Waals surface area contributed by atoms with E-state index in [0.29, 0.717) is 5.69 Å². The number of benzene rings is 1. The first kappa shape index (κ1) is 11.3. The molecule has 1 aliphatic carbocycles. The highest BCUT2D eigenvalue weighted by molar-refractivity contribution is 7.92. The maximum absolute atomic E-state index is 11.0. The molecule has 1 aromatic rings. The van der Waals surface area contributed by atoms with Gasteiger partial charge in [-0.25, -0.2) is 8.42 Å². The molecule has 0 bridgehead atoms. The Balaban J connectivity index is 1.92. The Bertz CT molecular complexity index is 449. The van der Waals surface area contributed by atoms with E-state index in [1.54, 1.807) is 12.1 Å². The van der Waals surface area contributed by atoms with Gasteiger partial charge in [-0.15, -0.1) is 0 Å². The molecule has 0 amide bonds. The van der Waals surface area contributed by atoms with E-state index in [9.17, 15) is 8.42 Å². The molecule has 0 spiro atoms. The van der Waals surface area contributed by atoms with Crippen LogP contribution < -0.4 is 10.0 Å². The first-order valence-corrected chi connectivity index (χ1v) is 7.24. The van der Waals surface area contributed by atoms with Crippen molar-refractivity contribution < 1.29 is 8.42 Å². The lowest BCUT2D eigenvalue weighted by Crippen LogP contribution is -2.09. The zero-order valence-electron chi connectivity index (χ0n) is 9.23. The number of hydrogen-bond acceptors (Lipinski definition) is 3. The molecule has 16 heavy (non-hydrogen) atoms. The fraction of sp³-hybridized carbons (Fsp3) is 0.455. The second-order valence-corrected chi connectivity index (χ2v) is 6.02. The van der Waals surface area contributed by atoms with Crippen LogP contribution in [0.15, 0.2) is 24.3 Å². The summed E-state index contributed by atoms with van der Waals surface area (Å²) in [5, 5.41) is 3.32. The summed E-state index contributed by atoms with van der Waals surface area (Å²) in [6, 6.07) is 7.29. The van der Waals surface area contributed by atoms with Crippen molar-refractivity contribution in [1.82, 2.24) is 0 Å². The first-order valence-electron chi connectivity index (χ1n) is 5.35. The second kappa shape index (κ2) is 4.33. The van der Waals surface area contributed by atoms with E-state index in [-0.39, 0.29) is 0 Å². The summed E-state index contributed by atoms with van der Waals surface area (Å²) in [6.45, 7) is 1.01. The smallest absolute Gasteiger partial charge is 0.229 e. The Morgan fingerprint density at radius 2 is 1.75 bits per heavy atom. The van der Waals surface area contributed by atoms with Crippen LogP contribution >= 0.6 is 0 Å². The molecule has 0 saturated heterocycles. The minimum absolute atomic E-state index is 0.597. The number of hydrogen-bond donors (Lipinski definition) is 2. The standard InChI is InChI=1S/C11H16N2O2S/c1-16(14,15)13-11-6-4-10(5-7-11)12-8-9-2-3-9/h4-7,9,12-13H,2-3,8H2,1H3. The highest BCUT2D eigenvalue weighted by Crippen LogP contribution is 2.29. The largest absolute Gasteiger partial charge is 0.385 e. The van der Waals surface area contributed by atoms with E-state index in [2.05, 4.69) is 10.0 Å². The molecular weight excluding hydrogens is 224 g/mol. The SMILES string of the molecule is CS(=O)(=O)Nc1ccc(NCC2CC2)cc1. The Morgan fingerprint density at radius 1 is 1.19 bits per heavy atom. The van der Waals surface area contributed by atoms with Crippen molar-refractivity contribution in [2.45, 2.75) is 12.8 Å². The van der Waals surface area contributed by atoms with Crippen LogP contribution in [0.4, 0.5) is 11.4 Å². The maximum Gasteiger partial charge on any atom is 0.229 e. The summed E-state index contributed by atoms with van der Waals surface area (Å²) in [4.78, 5) is 0. The fourth-order valence-electron chi connectivity index (χ4n) is 1.45. The summed E-state index contributed by atoms with van der Waals surface area (Å²) >= 11 is 0. The normalized spacial score (nSPS) is 15.8. The van der Waals surface area contributed by atoms with E-state index in [0.717, 1.165) is 24.4 Å². The van der Waals surface area contributed by atoms with Crippen molar-refractivity contribution in [2.24, 2.45) is 5.92 Å². The fourth-order valence-corrected chi connectivity index (χ4v) is 2.02. The van der Waals surface area contributed by atoms with Crippen molar-refractivity contribution in [2.75, 3.05) is 22.8 Å². The van der Waals surface area contributed by atoms with Gasteiger partial charge in [-0.05, 0) is 43.0 Å². The third-order valence-corrected chi connectivity index (χ3v) is 3.09. The molecule has 4 nitrogen and oxygen atoms in total. The minimum Gasteiger partial charge on any atom is -0.385 e. The van der Waals surface area contributed by atoms with Gasteiger partial charge in [0.05, 0.1) is 6.26 Å². The average Bonchev–Trinajstić information content (AvgIpc) is 2.98. The van der Waals surface area contributed by atoms with Crippen LogP contribution in [0.2, 0.25) is 0 Å². The van der Waals surface area contributed by atoms with Gasteiger partial charge in [-0.2, -0.15) is 0 Å². The lowest BCUT2D eigenvalue weighted by atomic mass is 10.3. The molecule has 0 heterocycles. The predicted octanol–water partition coefficient (Wildman–Crippen LogP) is 1.88. The molecule has 0 aliphatic heterocycles. The number of anilines is 2. The molecule has 2 N–H and O–H groups in total. The molecule has 88 valence electrons. The van der Waals surface area contributed by atoms with Gasteiger partial charge in [-0.3, -0.25) is 4.72 Å². The van der Waals surface area contributed by atoms with E-state index in [1.165, 1.54) is 12.8 Å². The molecule has 5 heteroatoms. The zero-order chi connectivity index (χ0) is 11.6. The average molecular weight is 240 g/mol. The molecule has 0 aromatic heterocycles. The molecule has 1 fully saturated rings. The van der Waals surface area contributed by atoms with Gasteiger partial charge in [0, 0.05) is 17.9 Å². The Morgan fingerprint density at radius 3 is 2.25 bits per heavy atom.